The minimum absolute atomic E-state index is 0.0213. The molecule has 1 heterocycles. The number of carbonyl (C=O) groups excluding carboxylic acids is 1. The molecule has 27 heavy (non-hydrogen) atoms. The number of fused-ring (bicyclic) bond motifs is 1. The number of H-pyrrole nitrogens is 1. The van der Waals surface area contributed by atoms with E-state index in [-0.39, 0.29) is 11.3 Å². The molecule has 0 saturated carbocycles. The van der Waals surface area contributed by atoms with Gasteiger partial charge in [0, 0.05) is 23.8 Å². The van der Waals surface area contributed by atoms with Crippen molar-refractivity contribution in [3.8, 4) is 17.1 Å². The van der Waals surface area contributed by atoms with Crippen molar-refractivity contribution in [2.24, 2.45) is 0 Å². The number of imidazole rings is 1. The monoisotopic (exact) mass is 383 g/mol. The summed E-state index contributed by atoms with van der Waals surface area (Å²) < 4.78 is 5.56. The van der Waals surface area contributed by atoms with Gasteiger partial charge in [0.25, 0.3) is 0 Å². The Kier molecular flexibility index (Phi) is 5.46. The molecule has 142 valence electrons. The van der Waals surface area contributed by atoms with E-state index in [0.717, 1.165) is 38.6 Å². The van der Waals surface area contributed by atoms with Gasteiger partial charge < -0.3 is 15.0 Å². The van der Waals surface area contributed by atoms with E-state index < -0.39 is 0 Å². The maximum Gasteiger partial charge on any atom is 0.216 e. The van der Waals surface area contributed by atoms with Crippen molar-refractivity contribution in [1.29, 1.82) is 0 Å². The van der Waals surface area contributed by atoms with Crippen LogP contribution in [-0.2, 0) is 10.2 Å². The number of aromatic nitrogens is 2. The number of amides is 1. The summed E-state index contributed by atoms with van der Waals surface area (Å²) in [5, 5.41) is 2.90. The molecule has 0 aliphatic heterocycles. The van der Waals surface area contributed by atoms with Crippen molar-refractivity contribution in [2.75, 3.05) is 19.9 Å². The average molecular weight is 384 g/mol. The number of nitrogens with zero attached hydrogens (tertiary/aromatic N) is 1. The molecule has 0 saturated heterocycles. The van der Waals surface area contributed by atoms with Gasteiger partial charge in [-0.2, -0.15) is 0 Å². The highest BCUT2D eigenvalue weighted by atomic mass is 32.2. The van der Waals surface area contributed by atoms with Gasteiger partial charge in [-0.3, -0.25) is 4.79 Å². The quantitative estimate of drug-likeness (QED) is 0.620. The van der Waals surface area contributed by atoms with Crippen LogP contribution in [0.3, 0.4) is 0 Å². The van der Waals surface area contributed by atoms with Crippen molar-refractivity contribution < 1.29 is 9.53 Å². The third-order valence-corrected chi connectivity index (χ3v) is 5.43. The maximum absolute atomic E-state index is 11.3. The number of aromatic amines is 1. The zero-order valence-electron chi connectivity index (χ0n) is 16.3. The van der Waals surface area contributed by atoms with Crippen molar-refractivity contribution in [2.45, 2.75) is 31.1 Å². The van der Waals surface area contributed by atoms with Crippen LogP contribution in [0.25, 0.3) is 22.4 Å². The number of hydrogen-bond donors (Lipinski definition) is 2. The number of benzene rings is 2. The van der Waals surface area contributed by atoms with E-state index in [1.165, 1.54) is 6.92 Å². The van der Waals surface area contributed by atoms with E-state index >= 15 is 0 Å². The molecule has 5 nitrogen and oxygen atoms in total. The Balaban J connectivity index is 1.98. The Bertz CT molecular complexity index is 979. The largest absolute Gasteiger partial charge is 0.496 e. The molecular weight excluding hydrogens is 358 g/mol. The van der Waals surface area contributed by atoms with Crippen LogP contribution in [0.2, 0.25) is 0 Å². The number of carbonyl (C=O) groups is 1. The normalized spacial score (nSPS) is 11.6. The Labute approximate surface area is 163 Å². The van der Waals surface area contributed by atoms with Crippen molar-refractivity contribution >= 4 is 28.7 Å². The smallest absolute Gasteiger partial charge is 0.216 e. The van der Waals surface area contributed by atoms with Gasteiger partial charge in [-0.15, -0.1) is 11.8 Å². The van der Waals surface area contributed by atoms with E-state index in [1.807, 2.05) is 24.5 Å². The number of rotatable bonds is 6. The van der Waals surface area contributed by atoms with Crippen LogP contribution in [0.15, 0.2) is 41.3 Å². The standard InChI is InChI=1S/C21H25N3O2S/c1-13(25)22-12-21(2,3)14-6-9-17-18(10-14)24-20(23-17)16-8-7-15(27-5)11-19(16)26-4/h6-11H,12H2,1-5H3,(H,22,25)(H,23,24). The highest BCUT2D eigenvalue weighted by molar-refractivity contribution is 7.98. The summed E-state index contributed by atoms with van der Waals surface area (Å²) in [6, 6.07) is 12.3. The van der Waals surface area contributed by atoms with Gasteiger partial charge in [0.1, 0.15) is 11.6 Å². The molecule has 0 aliphatic carbocycles. The first-order valence-electron chi connectivity index (χ1n) is 8.81. The average Bonchev–Trinajstić information content (AvgIpc) is 3.09. The van der Waals surface area contributed by atoms with Crippen LogP contribution < -0.4 is 10.1 Å². The van der Waals surface area contributed by atoms with E-state index in [2.05, 4.69) is 42.3 Å². The third kappa shape index (κ3) is 4.11. The minimum Gasteiger partial charge on any atom is -0.496 e. The lowest BCUT2D eigenvalue weighted by atomic mass is 9.84. The molecule has 0 fully saturated rings. The summed E-state index contributed by atoms with van der Waals surface area (Å²) in [7, 11) is 1.67. The second-order valence-electron chi connectivity index (χ2n) is 7.18. The molecule has 3 rings (SSSR count). The van der Waals surface area contributed by atoms with Gasteiger partial charge in [0.05, 0.1) is 23.7 Å². The number of nitrogens with one attached hydrogen (secondary N) is 2. The van der Waals surface area contributed by atoms with Crippen LogP contribution in [0.5, 0.6) is 5.75 Å². The van der Waals surface area contributed by atoms with E-state index in [9.17, 15) is 4.79 Å². The molecule has 0 atom stereocenters. The van der Waals surface area contributed by atoms with Gasteiger partial charge in [-0.05, 0) is 42.2 Å². The summed E-state index contributed by atoms with van der Waals surface area (Å²) in [5.74, 6) is 1.56. The van der Waals surface area contributed by atoms with Crippen LogP contribution in [0, 0.1) is 0 Å². The number of methoxy groups -OCH3 is 1. The van der Waals surface area contributed by atoms with Gasteiger partial charge in [-0.1, -0.05) is 19.9 Å². The van der Waals surface area contributed by atoms with Crippen LogP contribution in [0.4, 0.5) is 0 Å². The predicted octanol–water partition coefficient (Wildman–Crippen LogP) is 4.37. The molecule has 3 aromatic rings. The molecule has 1 aromatic heterocycles. The lowest BCUT2D eigenvalue weighted by Gasteiger charge is -2.25. The molecule has 0 spiro atoms. The fourth-order valence-corrected chi connectivity index (χ4v) is 3.43. The fourth-order valence-electron chi connectivity index (χ4n) is 3.00. The number of thioether (sulfide) groups is 1. The first-order chi connectivity index (χ1) is 12.8. The second kappa shape index (κ2) is 7.64. The van der Waals surface area contributed by atoms with Crippen LogP contribution in [0.1, 0.15) is 26.3 Å². The topological polar surface area (TPSA) is 67.0 Å². The minimum atomic E-state index is -0.184. The molecular formula is C21H25N3O2S. The second-order valence-corrected chi connectivity index (χ2v) is 8.06. The van der Waals surface area contributed by atoms with Gasteiger partial charge >= 0.3 is 0 Å². The Morgan fingerprint density at radius 2 is 2.04 bits per heavy atom. The lowest BCUT2D eigenvalue weighted by Crippen LogP contribution is -2.35. The molecule has 2 N–H and O–H groups in total. The molecule has 2 aromatic carbocycles. The molecule has 0 bridgehead atoms. The Morgan fingerprint density at radius 3 is 2.70 bits per heavy atom. The molecule has 6 heteroatoms. The zero-order chi connectivity index (χ0) is 19.6. The van der Waals surface area contributed by atoms with Crippen LogP contribution in [-0.4, -0.2) is 35.8 Å². The van der Waals surface area contributed by atoms with Crippen LogP contribution >= 0.6 is 11.8 Å². The Morgan fingerprint density at radius 1 is 1.26 bits per heavy atom. The third-order valence-electron chi connectivity index (χ3n) is 4.71. The summed E-state index contributed by atoms with van der Waals surface area (Å²) in [6.07, 6.45) is 2.04. The first kappa shape index (κ1) is 19.3. The highest BCUT2D eigenvalue weighted by Gasteiger charge is 2.22. The summed E-state index contributed by atoms with van der Waals surface area (Å²) in [4.78, 5) is 20.6. The number of ether oxygens (including phenoxy) is 1. The number of hydrogen-bond acceptors (Lipinski definition) is 4. The molecule has 0 unspecified atom stereocenters. The van der Waals surface area contributed by atoms with E-state index in [0.29, 0.717) is 6.54 Å². The maximum atomic E-state index is 11.3. The predicted molar refractivity (Wildman–Crippen MR) is 112 cm³/mol. The summed E-state index contributed by atoms with van der Waals surface area (Å²) in [6.45, 7) is 6.34. The highest BCUT2D eigenvalue weighted by Crippen LogP contribution is 2.33. The molecule has 0 radical (unpaired) electrons. The van der Waals surface area contributed by atoms with Crippen molar-refractivity contribution in [1.82, 2.24) is 15.3 Å². The summed E-state index contributed by atoms with van der Waals surface area (Å²) >= 11 is 1.68. The SMILES string of the molecule is COc1cc(SC)ccc1-c1nc2cc(C(C)(C)CNC(C)=O)ccc2[nH]1. The Hall–Kier alpha value is -2.47. The van der Waals surface area contributed by atoms with Gasteiger partial charge in [-0.25, -0.2) is 4.98 Å². The summed E-state index contributed by atoms with van der Waals surface area (Å²) in [5.41, 5.74) is 3.75. The lowest BCUT2D eigenvalue weighted by molar-refractivity contribution is -0.119. The van der Waals surface area contributed by atoms with Gasteiger partial charge in [0.15, 0.2) is 0 Å². The molecule has 1 amide bonds. The van der Waals surface area contributed by atoms with Crippen molar-refractivity contribution in [3.63, 3.8) is 0 Å². The first-order valence-corrected chi connectivity index (χ1v) is 10.0. The van der Waals surface area contributed by atoms with E-state index in [4.69, 9.17) is 9.72 Å². The van der Waals surface area contributed by atoms with Crippen molar-refractivity contribution in [3.05, 3.63) is 42.0 Å². The molecule has 0 aliphatic rings. The van der Waals surface area contributed by atoms with E-state index in [1.54, 1.807) is 18.9 Å². The zero-order valence-corrected chi connectivity index (χ0v) is 17.2. The van der Waals surface area contributed by atoms with Gasteiger partial charge in [0.2, 0.25) is 5.91 Å². The fraction of sp³-hybridized carbons (Fsp3) is 0.333.